The van der Waals surface area contributed by atoms with Gasteiger partial charge < -0.3 is 29.2 Å². The van der Waals surface area contributed by atoms with Crippen LogP contribution in [0.15, 0.2) is 0 Å². The van der Waals surface area contributed by atoms with Crippen LogP contribution in [0.4, 0.5) is 0 Å². The van der Waals surface area contributed by atoms with Gasteiger partial charge in [-0.05, 0) is 11.8 Å². The molecule has 1 rings (SSSR count). The fourth-order valence-corrected chi connectivity index (χ4v) is 2.28. The molecule has 1 aliphatic heterocycles. The van der Waals surface area contributed by atoms with Crippen LogP contribution in [0.5, 0.6) is 0 Å². The van der Waals surface area contributed by atoms with E-state index in [1.165, 1.54) is 6.92 Å². The summed E-state index contributed by atoms with van der Waals surface area (Å²) in [6.07, 6.45) is -4.27. The summed E-state index contributed by atoms with van der Waals surface area (Å²) in [5.41, 5.74) is 0. The molecule has 0 unspecified atom stereocenters. The maximum Gasteiger partial charge on any atom is 0.303 e. The lowest BCUT2D eigenvalue weighted by molar-refractivity contribution is -0.307. The molecule has 1 fully saturated rings. The third-order valence-corrected chi connectivity index (χ3v) is 3.92. The zero-order chi connectivity index (χ0) is 18.3. The molecule has 0 aliphatic carbocycles. The fourth-order valence-electron chi connectivity index (χ4n) is 2.28. The SMILES string of the molecule is CC[C@H](C)COC[C@H]1O[C@@H](OCC(C)C)[C@H](OC(C)=O)[C@@H](O)[C@@H]1O. The zero-order valence-corrected chi connectivity index (χ0v) is 15.3. The summed E-state index contributed by atoms with van der Waals surface area (Å²) < 4.78 is 22.0. The Hall–Kier alpha value is -0.730. The second-order valence-electron chi connectivity index (χ2n) is 6.88. The van der Waals surface area contributed by atoms with E-state index in [4.69, 9.17) is 18.9 Å². The summed E-state index contributed by atoms with van der Waals surface area (Å²) in [5, 5.41) is 20.5. The van der Waals surface area contributed by atoms with Gasteiger partial charge in [-0.2, -0.15) is 0 Å². The molecule has 7 heteroatoms. The van der Waals surface area contributed by atoms with Gasteiger partial charge in [0.2, 0.25) is 0 Å². The van der Waals surface area contributed by atoms with Crippen LogP contribution in [-0.4, -0.2) is 66.7 Å². The first-order valence-corrected chi connectivity index (χ1v) is 8.64. The van der Waals surface area contributed by atoms with Crippen molar-refractivity contribution in [3.63, 3.8) is 0 Å². The van der Waals surface area contributed by atoms with E-state index in [-0.39, 0.29) is 12.5 Å². The molecule has 0 spiro atoms. The van der Waals surface area contributed by atoms with Gasteiger partial charge >= 0.3 is 5.97 Å². The molecule has 2 N–H and O–H groups in total. The van der Waals surface area contributed by atoms with Gasteiger partial charge in [0.15, 0.2) is 12.4 Å². The van der Waals surface area contributed by atoms with Crippen molar-refractivity contribution in [2.45, 2.75) is 71.7 Å². The average molecular weight is 348 g/mol. The Bertz CT molecular complexity index is 374. The van der Waals surface area contributed by atoms with E-state index < -0.39 is 36.7 Å². The molecule has 0 bridgehead atoms. The quantitative estimate of drug-likeness (QED) is 0.603. The lowest BCUT2D eigenvalue weighted by Crippen LogP contribution is -2.60. The second kappa shape index (κ2) is 10.3. The van der Waals surface area contributed by atoms with E-state index in [1.54, 1.807) is 0 Å². The van der Waals surface area contributed by atoms with Crippen LogP contribution in [0, 0.1) is 11.8 Å². The highest BCUT2D eigenvalue weighted by Crippen LogP contribution is 2.25. The first kappa shape index (κ1) is 21.3. The van der Waals surface area contributed by atoms with Crippen LogP contribution in [0.1, 0.15) is 41.0 Å². The summed E-state index contributed by atoms with van der Waals surface area (Å²) in [6, 6.07) is 0. The molecule has 6 atom stereocenters. The molecule has 24 heavy (non-hydrogen) atoms. The van der Waals surface area contributed by atoms with Gasteiger partial charge in [0, 0.05) is 13.5 Å². The van der Waals surface area contributed by atoms with Crippen LogP contribution in [0.2, 0.25) is 0 Å². The molecule has 142 valence electrons. The van der Waals surface area contributed by atoms with Crippen LogP contribution >= 0.6 is 0 Å². The summed E-state index contributed by atoms with van der Waals surface area (Å²) in [6.45, 7) is 10.4. The number of aliphatic hydroxyl groups is 2. The number of hydrogen-bond acceptors (Lipinski definition) is 7. The van der Waals surface area contributed by atoms with Crippen molar-refractivity contribution < 1.29 is 34.0 Å². The highest BCUT2D eigenvalue weighted by Gasteiger charge is 2.47. The van der Waals surface area contributed by atoms with Crippen molar-refractivity contribution in [3.05, 3.63) is 0 Å². The van der Waals surface area contributed by atoms with Crippen molar-refractivity contribution in [3.8, 4) is 0 Å². The number of carbonyl (C=O) groups excluding carboxylic acids is 1. The average Bonchev–Trinajstić information content (AvgIpc) is 2.52. The van der Waals surface area contributed by atoms with Gasteiger partial charge in [0.1, 0.15) is 18.3 Å². The van der Waals surface area contributed by atoms with Crippen LogP contribution < -0.4 is 0 Å². The van der Waals surface area contributed by atoms with Gasteiger partial charge in [-0.15, -0.1) is 0 Å². The molecule has 1 aliphatic rings. The van der Waals surface area contributed by atoms with Crippen molar-refractivity contribution in [1.29, 1.82) is 0 Å². The number of carbonyl (C=O) groups is 1. The van der Waals surface area contributed by atoms with E-state index in [2.05, 4.69) is 13.8 Å². The summed E-state index contributed by atoms with van der Waals surface area (Å²) in [7, 11) is 0. The Kier molecular flexibility index (Phi) is 9.15. The van der Waals surface area contributed by atoms with Crippen molar-refractivity contribution in [2.75, 3.05) is 19.8 Å². The van der Waals surface area contributed by atoms with Crippen LogP contribution in [0.3, 0.4) is 0 Å². The number of rotatable bonds is 9. The summed E-state index contributed by atoms with van der Waals surface area (Å²) in [5.74, 6) is 0.0765. The van der Waals surface area contributed by atoms with E-state index in [1.807, 2.05) is 13.8 Å². The smallest absolute Gasteiger partial charge is 0.303 e. The van der Waals surface area contributed by atoms with Crippen molar-refractivity contribution in [1.82, 2.24) is 0 Å². The molecule has 1 heterocycles. The number of ether oxygens (including phenoxy) is 4. The molecular weight excluding hydrogens is 316 g/mol. The van der Waals surface area contributed by atoms with E-state index >= 15 is 0 Å². The summed E-state index contributed by atoms with van der Waals surface area (Å²) in [4.78, 5) is 11.3. The Morgan fingerprint density at radius 3 is 2.38 bits per heavy atom. The van der Waals surface area contributed by atoms with Gasteiger partial charge in [0.05, 0.1) is 13.2 Å². The Balaban J connectivity index is 2.70. The minimum Gasteiger partial charge on any atom is -0.454 e. The maximum atomic E-state index is 11.3. The summed E-state index contributed by atoms with van der Waals surface area (Å²) >= 11 is 0. The second-order valence-corrected chi connectivity index (χ2v) is 6.88. The van der Waals surface area contributed by atoms with Crippen LogP contribution in [0.25, 0.3) is 0 Å². The molecule has 0 radical (unpaired) electrons. The predicted molar refractivity (Wildman–Crippen MR) is 87.3 cm³/mol. The Morgan fingerprint density at radius 2 is 1.83 bits per heavy atom. The highest BCUT2D eigenvalue weighted by molar-refractivity contribution is 5.66. The fraction of sp³-hybridized carbons (Fsp3) is 0.941. The lowest BCUT2D eigenvalue weighted by Gasteiger charge is -2.41. The molecule has 0 saturated carbocycles. The zero-order valence-electron chi connectivity index (χ0n) is 15.3. The first-order chi connectivity index (χ1) is 11.3. The van der Waals surface area contributed by atoms with Gasteiger partial charge in [-0.3, -0.25) is 4.79 Å². The Labute approximate surface area is 144 Å². The minimum atomic E-state index is -1.29. The van der Waals surface area contributed by atoms with E-state index in [0.29, 0.717) is 19.1 Å². The molecule has 0 aromatic carbocycles. The van der Waals surface area contributed by atoms with Gasteiger partial charge in [-0.1, -0.05) is 34.1 Å². The number of hydrogen-bond donors (Lipinski definition) is 2. The minimum absolute atomic E-state index is 0.136. The molecule has 1 saturated heterocycles. The standard InChI is InChI=1S/C17H32O7/c1-6-11(4)8-21-9-13-14(19)15(20)16(23-12(5)18)17(24-13)22-7-10(2)3/h10-11,13-17,19-20H,6-9H2,1-5H3/t11-,13+,14+,15-,16+,17+/m0/s1. The molecule has 0 aromatic rings. The van der Waals surface area contributed by atoms with Crippen molar-refractivity contribution >= 4 is 5.97 Å². The topological polar surface area (TPSA) is 94.5 Å². The largest absolute Gasteiger partial charge is 0.454 e. The lowest BCUT2D eigenvalue weighted by atomic mass is 9.99. The third kappa shape index (κ3) is 6.64. The van der Waals surface area contributed by atoms with E-state index in [9.17, 15) is 15.0 Å². The van der Waals surface area contributed by atoms with Crippen molar-refractivity contribution in [2.24, 2.45) is 11.8 Å². The van der Waals surface area contributed by atoms with Gasteiger partial charge in [0.25, 0.3) is 0 Å². The number of aliphatic hydroxyl groups excluding tert-OH is 2. The molecule has 0 amide bonds. The monoisotopic (exact) mass is 348 g/mol. The van der Waals surface area contributed by atoms with Gasteiger partial charge in [-0.25, -0.2) is 0 Å². The molecule has 0 aromatic heterocycles. The molecular formula is C17H32O7. The molecule has 7 nitrogen and oxygen atoms in total. The normalized spacial score (nSPS) is 31.9. The highest BCUT2D eigenvalue weighted by atomic mass is 16.7. The third-order valence-electron chi connectivity index (χ3n) is 3.92. The predicted octanol–water partition coefficient (Wildman–Crippen LogP) is 1.10. The Morgan fingerprint density at radius 1 is 1.17 bits per heavy atom. The first-order valence-electron chi connectivity index (χ1n) is 8.64. The maximum absolute atomic E-state index is 11.3. The number of esters is 1. The van der Waals surface area contributed by atoms with Crippen LogP contribution in [-0.2, 0) is 23.7 Å². The van der Waals surface area contributed by atoms with E-state index in [0.717, 1.165) is 6.42 Å².